The molecule has 35 heavy (non-hydrogen) atoms. The minimum atomic E-state index is -3.77. The van der Waals surface area contributed by atoms with Crippen LogP contribution in [0.25, 0.3) is 10.9 Å². The molecule has 0 radical (unpaired) electrons. The molecule has 186 valence electrons. The summed E-state index contributed by atoms with van der Waals surface area (Å²) in [4.78, 5) is 25.1. The van der Waals surface area contributed by atoms with Crippen molar-refractivity contribution < 1.29 is 27.5 Å². The molecule has 0 bridgehead atoms. The van der Waals surface area contributed by atoms with E-state index in [0.717, 1.165) is 19.3 Å². The van der Waals surface area contributed by atoms with Gasteiger partial charge in [-0.3, -0.25) is 4.79 Å². The van der Waals surface area contributed by atoms with Gasteiger partial charge in [-0.2, -0.15) is 4.31 Å². The molecular weight excluding hydrogens is 470 g/mol. The molecule has 0 unspecified atom stereocenters. The van der Waals surface area contributed by atoms with Crippen molar-refractivity contribution in [1.29, 1.82) is 0 Å². The van der Waals surface area contributed by atoms with E-state index in [1.165, 1.54) is 17.5 Å². The standard InChI is InChI=1S/C25H29N3O6S/c1-3-34-22-12-11-18(15-23(22)35(31,32)28-13-7-4-8-14-28)26-24(29)17-27-16-20(25(30)33-2)19-9-5-6-10-21(19)27/h5-6,9-12,15-16H,3-4,7-8,13-14,17H2,1-2H3,(H,26,29). The van der Waals surface area contributed by atoms with Gasteiger partial charge in [0.1, 0.15) is 17.2 Å². The maximum absolute atomic E-state index is 13.3. The van der Waals surface area contributed by atoms with Crippen LogP contribution in [-0.4, -0.2) is 56.0 Å². The minimum Gasteiger partial charge on any atom is -0.492 e. The topological polar surface area (TPSA) is 107 Å². The van der Waals surface area contributed by atoms with Gasteiger partial charge in [-0.15, -0.1) is 0 Å². The highest BCUT2D eigenvalue weighted by atomic mass is 32.2. The Hall–Kier alpha value is -3.37. The second-order valence-corrected chi connectivity index (χ2v) is 10.2. The fourth-order valence-corrected chi connectivity index (χ4v) is 5.99. The first-order chi connectivity index (χ1) is 16.8. The zero-order valence-corrected chi connectivity index (χ0v) is 20.6. The van der Waals surface area contributed by atoms with Crippen LogP contribution in [-0.2, 0) is 26.1 Å². The predicted octanol–water partition coefficient (Wildman–Crippen LogP) is 3.64. The summed E-state index contributed by atoms with van der Waals surface area (Å²) in [6.07, 6.45) is 4.22. The molecule has 0 atom stereocenters. The monoisotopic (exact) mass is 499 g/mol. The summed E-state index contributed by atoms with van der Waals surface area (Å²) >= 11 is 0. The lowest BCUT2D eigenvalue weighted by Crippen LogP contribution is -2.35. The Morgan fingerprint density at radius 3 is 2.51 bits per heavy atom. The molecule has 2 aromatic carbocycles. The van der Waals surface area contributed by atoms with Crippen molar-refractivity contribution in [2.45, 2.75) is 37.6 Å². The van der Waals surface area contributed by atoms with E-state index < -0.39 is 16.0 Å². The van der Waals surface area contributed by atoms with E-state index in [9.17, 15) is 18.0 Å². The van der Waals surface area contributed by atoms with Crippen LogP contribution in [0.4, 0.5) is 5.69 Å². The molecule has 0 saturated carbocycles. The number of hydrogen-bond acceptors (Lipinski definition) is 6. The van der Waals surface area contributed by atoms with E-state index >= 15 is 0 Å². The van der Waals surface area contributed by atoms with Gasteiger partial charge in [0, 0.05) is 35.9 Å². The van der Waals surface area contributed by atoms with E-state index in [1.807, 2.05) is 18.2 Å². The van der Waals surface area contributed by atoms with Crippen LogP contribution in [0.15, 0.2) is 53.6 Å². The number of aromatic nitrogens is 1. The molecule has 1 N–H and O–H groups in total. The van der Waals surface area contributed by atoms with Crippen molar-refractivity contribution in [2.24, 2.45) is 0 Å². The lowest BCUT2D eigenvalue weighted by molar-refractivity contribution is -0.116. The average Bonchev–Trinajstić information content (AvgIpc) is 3.23. The molecule has 1 aliphatic rings. The summed E-state index contributed by atoms with van der Waals surface area (Å²) in [7, 11) is -2.46. The number of para-hydroxylation sites is 1. The summed E-state index contributed by atoms with van der Waals surface area (Å²) < 4.78 is 40.3. The molecule has 3 aromatic rings. The number of esters is 1. The molecule has 1 aromatic heterocycles. The first-order valence-electron chi connectivity index (χ1n) is 11.6. The Morgan fingerprint density at radius 1 is 1.06 bits per heavy atom. The van der Waals surface area contributed by atoms with Gasteiger partial charge in [0.15, 0.2) is 0 Å². The van der Waals surface area contributed by atoms with Gasteiger partial charge >= 0.3 is 5.97 Å². The van der Waals surface area contributed by atoms with E-state index in [2.05, 4.69) is 5.32 Å². The second kappa shape index (κ2) is 10.5. The second-order valence-electron chi connectivity index (χ2n) is 8.29. The van der Waals surface area contributed by atoms with Crippen molar-refractivity contribution in [1.82, 2.24) is 8.87 Å². The van der Waals surface area contributed by atoms with Crippen molar-refractivity contribution >= 4 is 38.5 Å². The quantitative estimate of drug-likeness (QED) is 0.474. The SMILES string of the molecule is CCOc1ccc(NC(=O)Cn2cc(C(=O)OC)c3ccccc32)cc1S(=O)(=O)N1CCCCC1. The largest absolute Gasteiger partial charge is 0.492 e. The molecule has 1 fully saturated rings. The van der Waals surface area contributed by atoms with Gasteiger partial charge in [0.25, 0.3) is 0 Å². The predicted molar refractivity (Wildman–Crippen MR) is 132 cm³/mol. The van der Waals surface area contributed by atoms with Gasteiger partial charge in [-0.05, 0) is 44.0 Å². The third kappa shape index (κ3) is 5.18. The van der Waals surface area contributed by atoms with E-state index in [4.69, 9.17) is 9.47 Å². The molecule has 1 aliphatic heterocycles. The first kappa shape index (κ1) is 24.7. The molecule has 0 aliphatic carbocycles. The van der Waals surface area contributed by atoms with Crippen LogP contribution in [0.5, 0.6) is 5.75 Å². The van der Waals surface area contributed by atoms with E-state index in [1.54, 1.807) is 35.9 Å². The van der Waals surface area contributed by atoms with Crippen LogP contribution in [0.1, 0.15) is 36.5 Å². The summed E-state index contributed by atoms with van der Waals surface area (Å²) in [5, 5.41) is 3.46. The summed E-state index contributed by atoms with van der Waals surface area (Å²) in [5.41, 5.74) is 1.42. The number of ether oxygens (including phenoxy) is 2. The van der Waals surface area contributed by atoms with Crippen LogP contribution >= 0.6 is 0 Å². The average molecular weight is 500 g/mol. The first-order valence-corrected chi connectivity index (χ1v) is 13.0. The third-order valence-electron chi connectivity index (χ3n) is 5.97. The Kier molecular flexibility index (Phi) is 7.42. The number of carbonyl (C=O) groups is 2. The number of piperidine rings is 1. The highest BCUT2D eigenvalue weighted by Gasteiger charge is 2.29. The number of carbonyl (C=O) groups excluding carboxylic acids is 2. The number of hydrogen-bond donors (Lipinski definition) is 1. The molecular formula is C25H29N3O6S. The van der Waals surface area contributed by atoms with Gasteiger partial charge in [0.05, 0.1) is 19.3 Å². The highest BCUT2D eigenvalue weighted by Crippen LogP contribution is 2.31. The number of anilines is 1. The van der Waals surface area contributed by atoms with Crippen molar-refractivity contribution in [3.63, 3.8) is 0 Å². The molecule has 1 amide bonds. The molecule has 9 nitrogen and oxygen atoms in total. The number of methoxy groups -OCH3 is 1. The normalized spacial score (nSPS) is 14.6. The number of rotatable bonds is 8. The zero-order valence-electron chi connectivity index (χ0n) is 19.8. The van der Waals surface area contributed by atoms with Crippen LogP contribution in [0, 0.1) is 0 Å². The Balaban J connectivity index is 1.60. The van der Waals surface area contributed by atoms with Crippen molar-refractivity contribution in [3.05, 3.63) is 54.2 Å². The summed E-state index contributed by atoms with van der Waals surface area (Å²) in [6, 6.07) is 11.9. The maximum atomic E-state index is 13.3. The molecule has 10 heteroatoms. The van der Waals surface area contributed by atoms with Gasteiger partial charge < -0.3 is 19.4 Å². The number of nitrogens with zero attached hydrogens (tertiary/aromatic N) is 2. The maximum Gasteiger partial charge on any atom is 0.340 e. The van der Waals surface area contributed by atoms with Crippen LogP contribution in [0.3, 0.4) is 0 Å². The zero-order chi connectivity index (χ0) is 25.0. The minimum absolute atomic E-state index is 0.0402. The fraction of sp³-hybridized carbons (Fsp3) is 0.360. The number of amides is 1. The Bertz CT molecular complexity index is 1340. The number of benzene rings is 2. The number of nitrogens with one attached hydrogen (secondary N) is 1. The third-order valence-corrected chi connectivity index (χ3v) is 7.89. The number of fused-ring (bicyclic) bond motifs is 1. The molecule has 4 rings (SSSR count). The molecule has 1 saturated heterocycles. The summed E-state index contributed by atoms with van der Waals surface area (Å²) in [6.45, 7) is 2.97. The Morgan fingerprint density at radius 2 is 1.80 bits per heavy atom. The van der Waals surface area contributed by atoms with Crippen LogP contribution < -0.4 is 10.1 Å². The Labute approximate surface area is 204 Å². The lowest BCUT2D eigenvalue weighted by Gasteiger charge is -2.27. The van der Waals surface area contributed by atoms with Crippen molar-refractivity contribution in [3.8, 4) is 5.75 Å². The smallest absolute Gasteiger partial charge is 0.340 e. The fourth-order valence-electron chi connectivity index (χ4n) is 4.31. The van der Waals surface area contributed by atoms with Gasteiger partial charge in [-0.1, -0.05) is 24.6 Å². The molecule has 2 heterocycles. The van der Waals surface area contributed by atoms with Crippen LogP contribution in [0.2, 0.25) is 0 Å². The van der Waals surface area contributed by atoms with Gasteiger partial charge in [0.2, 0.25) is 15.9 Å². The van der Waals surface area contributed by atoms with Gasteiger partial charge in [-0.25, -0.2) is 13.2 Å². The highest BCUT2D eigenvalue weighted by molar-refractivity contribution is 7.89. The lowest BCUT2D eigenvalue weighted by atomic mass is 10.2. The van der Waals surface area contributed by atoms with E-state index in [-0.39, 0.29) is 23.1 Å². The number of sulfonamides is 1. The molecule has 0 spiro atoms. The van der Waals surface area contributed by atoms with E-state index in [0.29, 0.717) is 41.9 Å². The van der Waals surface area contributed by atoms with Crippen molar-refractivity contribution in [2.75, 3.05) is 32.1 Å². The summed E-state index contributed by atoms with van der Waals surface area (Å²) in [5.74, 6) is -0.595.